The van der Waals surface area contributed by atoms with Crippen molar-refractivity contribution < 1.29 is 0 Å². The minimum Gasteiger partial charge on any atom is -0.329 e. The molecule has 20 heavy (non-hydrogen) atoms. The lowest BCUT2D eigenvalue weighted by atomic mass is 9.94. The molecule has 104 valence electrons. The van der Waals surface area contributed by atoms with Gasteiger partial charge in [0, 0.05) is 11.3 Å². The van der Waals surface area contributed by atoms with Gasteiger partial charge >= 0.3 is 0 Å². The Labute approximate surface area is 128 Å². The van der Waals surface area contributed by atoms with Crippen molar-refractivity contribution in [2.24, 2.45) is 0 Å². The van der Waals surface area contributed by atoms with E-state index in [0.717, 1.165) is 15.8 Å². The molecule has 5 heteroatoms. The summed E-state index contributed by atoms with van der Waals surface area (Å²) in [6.07, 6.45) is 7.17. The summed E-state index contributed by atoms with van der Waals surface area (Å²) in [5.74, 6) is 0. The number of aromatic amines is 1. The van der Waals surface area contributed by atoms with Crippen LogP contribution in [0, 0.1) is 16.1 Å². The van der Waals surface area contributed by atoms with E-state index >= 15 is 0 Å². The fourth-order valence-corrected chi connectivity index (χ4v) is 4.53. The van der Waals surface area contributed by atoms with Crippen molar-refractivity contribution in [3.63, 3.8) is 0 Å². The number of thioether (sulfide) groups is 1. The average molecular weight is 303 g/mol. The molecule has 1 saturated carbocycles. The van der Waals surface area contributed by atoms with Crippen LogP contribution >= 0.6 is 24.0 Å². The number of nitrogens with one attached hydrogen (secondary N) is 1. The molecule has 0 aliphatic heterocycles. The monoisotopic (exact) mass is 303 g/mol. The molecule has 2 atom stereocenters. The third-order valence-corrected chi connectivity index (χ3v) is 5.63. The van der Waals surface area contributed by atoms with Gasteiger partial charge in [-0.2, -0.15) is 17.0 Å². The van der Waals surface area contributed by atoms with Crippen LogP contribution in [0.15, 0.2) is 18.2 Å². The molecule has 0 bridgehead atoms. The fraction of sp³-hybridized carbons (Fsp3) is 0.467. The van der Waals surface area contributed by atoms with Crippen molar-refractivity contribution in [1.82, 2.24) is 9.55 Å². The maximum absolute atomic E-state index is 9.23. The standard InChI is InChI=1S/C15H17N3S2/c1-20-13-8-3-2-6-11(13)18-12-7-4-5-10(9-16)14(12)17-15(18)19/h4-5,7,11,13H,2-3,6,8H2,1H3,(H,17,19). The second-order valence-electron chi connectivity index (χ2n) is 5.24. The molecule has 2 aromatic rings. The highest BCUT2D eigenvalue weighted by Gasteiger charge is 2.27. The van der Waals surface area contributed by atoms with E-state index in [9.17, 15) is 5.26 Å². The average Bonchev–Trinajstić information content (AvgIpc) is 2.82. The SMILES string of the molecule is CSC1CCCCC1n1c(=S)[nH]c2c(C#N)cccc21. The van der Waals surface area contributed by atoms with Gasteiger partial charge in [0.1, 0.15) is 6.07 Å². The van der Waals surface area contributed by atoms with Crippen LogP contribution in [0.3, 0.4) is 0 Å². The van der Waals surface area contributed by atoms with Crippen molar-refractivity contribution in [2.75, 3.05) is 6.26 Å². The van der Waals surface area contributed by atoms with Crippen LogP contribution in [0.1, 0.15) is 37.3 Å². The predicted octanol–water partition coefficient (Wildman–Crippen LogP) is 4.42. The normalized spacial score (nSPS) is 22.8. The lowest BCUT2D eigenvalue weighted by Gasteiger charge is -2.31. The van der Waals surface area contributed by atoms with Crippen LogP contribution in [0.2, 0.25) is 0 Å². The number of hydrogen-bond donors (Lipinski definition) is 1. The molecule has 3 rings (SSSR count). The highest BCUT2D eigenvalue weighted by molar-refractivity contribution is 7.99. The third-order valence-electron chi connectivity index (χ3n) is 4.18. The second-order valence-corrected chi connectivity index (χ2v) is 6.70. The van der Waals surface area contributed by atoms with Gasteiger partial charge in [0.25, 0.3) is 0 Å². The molecule has 0 amide bonds. The maximum atomic E-state index is 9.23. The molecular weight excluding hydrogens is 286 g/mol. The minimum atomic E-state index is 0.439. The lowest BCUT2D eigenvalue weighted by Crippen LogP contribution is -2.25. The van der Waals surface area contributed by atoms with Crippen molar-refractivity contribution in [1.29, 1.82) is 5.26 Å². The van der Waals surface area contributed by atoms with E-state index in [1.54, 1.807) is 0 Å². The Balaban J connectivity index is 2.19. The topological polar surface area (TPSA) is 44.5 Å². The number of nitriles is 1. The summed E-state index contributed by atoms with van der Waals surface area (Å²) in [5.41, 5.74) is 2.62. The number of benzene rings is 1. The first-order chi connectivity index (χ1) is 9.76. The number of H-pyrrole nitrogens is 1. The van der Waals surface area contributed by atoms with Gasteiger partial charge in [-0.1, -0.05) is 18.9 Å². The van der Waals surface area contributed by atoms with Gasteiger partial charge in [-0.05, 0) is 43.4 Å². The third kappa shape index (κ3) is 2.17. The predicted molar refractivity (Wildman–Crippen MR) is 86.6 cm³/mol. The molecule has 2 unspecified atom stereocenters. The summed E-state index contributed by atoms with van der Waals surface area (Å²) < 4.78 is 2.99. The molecule has 1 aliphatic rings. The molecule has 0 saturated heterocycles. The van der Waals surface area contributed by atoms with Crippen LogP contribution in [-0.4, -0.2) is 21.1 Å². The number of para-hydroxylation sites is 1. The molecule has 0 radical (unpaired) electrons. The molecule has 1 aromatic heterocycles. The summed E-state index contributed by atoms with van der Waals surface area (Å²) in [6.45, 7) is 0. The minimum absolute atomic E-state index is 0.439. The molecule has 1 aromatic carbocycles. The van der Waals surface area contributed by atoms with E-state index in [1.807, 2.05) is 23.9 Å². The van der Waals surface area contributed by atoms with E-state index in [4.69, 9.17) is 12.2 Å². The van der Waals surface area contributed by atoms with Gasteiger partial charge in [-0.3, -0.25) is 0 Å². The largest absolute Gasteiger partial charge is 0.329 e. The zero-order valence-electron chi connectivity index (χ0n) is 11.4. The van der Waals surface area contributed by atoms with Crippen molar-refractivity contribution >= 4 is 35.0 Å². The molecule has 0 spiro atoms. The van der Waals surface area contributed by atoms with Crippen molar-refractivity contribution in [3.8, 4) is 6.07 Å². The van der Waals surface area contributed by atoms with Gasteiger partial charge in [0.15, 0.2) is 4.77 Å². The Morgan fingerprint density at radius 3 is 2.95 bits per heavy atom. The Morgan fingerprint density at radius 1 is 1.40 bits per heavy atom. The summed E-state index contributed by atoms with van der Waals surface area (Å²) in [5, 5.41) is 9.84. The first kappa shape index (κ1) is 13.7. The second kappa shape index (κ2) is 5.63. The first-order valence-electron chi connectivity index (χ1n) is 6.92. The Hall–Kier alpha value is -1.25. The van der Waals surface area contributed by atoms with Crippen LogP contribution < -0.4 is 0 Å². The van der Waals surface area contributed by atoms with Crippen LogP contribution in [0.5, 0.6) is 0 Å². The fourth-order valence-electron chi connectivity index (χ4n) is 3.22. The Morgan fingerprint density at radius 2 is 2.20 bits per heavy atom. The highest BCUT2D eigenvalue weighted by Crippen LogP contribution is 2.37. The van der Waals surface area contributed by atoms with E-state index in [0.29, 0.717) is 16.9 Å². The zero-order chi connectivity index (χ0) is 14.1. The van der Waals surface area contributed by atoms with Crippen molar-refractivity contribution in [2.45, 2.75) is 37.0 Å². The summed E-state index contributed by atoms with van der Waals surface area (Å²) in [6, 6.07) is 8.52. The maximum Gasteiger partial charge on any atom is 0.178 e. The van der Waals surface area contributed by atoms with Crippen LogP contribution in [-0.2, 0) is 0 Å². The molecule has 1 heterocycles. The van der Waals surface area contributed by atoms with Gasteiger partial charge in [-0.15, -0.1) is 0 Å². The zero-order valence-corrected chi connectivity index (χ0v) is 13.1. The van der Waals surface area contributed by atoms with Gasteiger partial charge in [0.05, 0.1) is 16.6 Å². The number of nitrogens with zero attached hydrogens (tertiary/aromatic N) is 2. The van der Waals surface area contributed by atoms with E-state index < -0.39 is 0 Å². The molecule has 1 aliphatic carbocycles. The lowest BCUT2D eigenvalue weighted by molar-refractivity contribution is 0.369. The number of rotatable bonds is 2. The molecule has 3 nitrogen and oxygen atoms in total. The molecule has 1 N–H and O–H groups in total. The summed E-state index contributed by atoms with van der Waals surface area (Å²) in [4.78, 5) is 3.23. The van der Waals surface area contributed by atoms with E-state index in [2.05, 4.69) is 27.9 Å². The summed E-state index contributed by atoms with van der Waals surface area (Å²) in [7, 11) is 0. The van der Waals surface area contributed by atoms with Crippen molar-refractivity contribution in [3.05, 3.63) is 28.5 Å². The van der Waals surface area contributed by atoms with Gasteiger partial charge < -0.3 is 9.55 Å². The molecule has 1 fully saturated rings. The number of hydrogen-bond acceptors (Lipinski definition) is 3. The number of imidazole rings is 1. The Kier molecular flexibility index (Phi) is 3.86. The van der Waals surface area contributed by atoms with Crippen LogP contribution in [0.25, 0.3) is 11.0 Å². The van der Waals surface area contributed by atoms with Gasteiger partial charge in [0.2, 0.25) is 0 Å². The Bertz CT molecular complexity index is 723. The quantitative estimate of drug-likeness (QED) is 0.835. The number of fused-ring (bicyclic) bond motifs is 1. The van der Waals surface area contributed by atoms with Gasteiger partial charge in [-0.25, -0.2) is 0 Å². The van der Waals surface area contributed by atoms with E-state index in [-0.39, 0.29) is 0 Å². The smallest absolute Gasteiger partial charge is 0.178 e. The number of aromatic nitrogens is 2. The first-order valence-corrected chi connectivity index (χ1v) is 8.62. The highest BCUT2D eigenvalue weighted by atomic mass is 32.2. The summed E-state index contributed by atoms with van der Waals surface area (Å²) >= 11 is 7.46. The van der Waals surface area contributed by atoms with Crippen LogP contribution in [0.4, 0.5) is 0 Å². The molecular formula is C15H17N3S2. The van der Waals surface area contributed by atoms with E-state index in [1.165, 1.54) is 25.7 Å².